The van der Waals surface area contributed by atoms with Crippen LogP contribution in [0.2, 0.25) is 0 Å². The van der Waals surface area contributed by atoms with E-state index >= 15 is 0 Å². The standard InChI is InChI=1S/C9H10ClNO2/c1-9(11(12)13)5-2-3-8(7-10)4-6-9/h2-6H,7H2,1H3. The molecule has 0 fully saturated rings. The Morgan fingerprint density at radius 1 is 1.62 bits per heavy atom. The normalized spacial score (nSPS) is 26.8. The van der Waals surface area contributed by atoms with Gasteiger partial charge in [-0.05, 0) is 17.7 Å². The van der Waals surface area contributed by atoms with Gasteiger partial charge in [-0.2, -0.15) is 0 Å². The van der Waals surface area contributed by atoms with Gasteiger partial charge in [0, 0.05) is 17.7 Å². The summed E-state index contributed by atoms with van der Waals surface area (Å²) in [5.41, 5.74) is -0.229. The van der Waals surface area contributed by atoms with Crippen molar-refractivity contribution in [2.45, 2.75) is 12.5 Å². The van der Waals surface area contributed by atoms with Crippen molar-refractivity contribution < 1.29 is 4.92 Å². The molecule has 0 bridgehead atoms. The van der Waals surface area contributed by atoms with Gasteiger partial charge in [-0.1, -0.05) is 18.2 Å². The van der Waals surface area contributed by atoms with Gasteiger partial charge in [0.1, 0.15) is 0 Å². The molecule has 0 heterocycles. The van der Waals surface area contributed by atoms with Crippen LogP contribution < -0.4 is 0 Å². The zero-order chi connectivity index (χ0) is 9.90. The molecule has 1 rings (SSSR count). The summed E-state index contributed by atoms with van der Waals surface area (Å²) in [4.78, 5) is 10.3. The fourth-order valence-corrected chi connectivity index (χ4v) is 1.14. The zero-order valence-corrected chi connectivity index (χ0v) is 7.99. The van der Waals surface area contributed by atoms with Crippen molar-refractivity contribution in [1.82, 2.24) is 0 Å². The number of nitro groups is 1. The van der Waals surface area contributed by atoms with Crippen LogP contribution in [-0.2, 0) is 0 Å². The molecule has 0 aromatic heterocycles. The van der Waals surface area contributed by atoms with Crippen molar-refractivity contribution in [3.8, 4) is 0 Å². The first-order valence-corrected chi connectivity index (χ1v) is 4.40. The Balaban J connectivity index is 2.95. The molecule has 0 aromatic carbocycles. The average molecular weight is 200 g/mol. The molecular formula is C9H10ClNO2. The molecule has 1 aliphatic carbocycles. The highest BCUT2D eigenvalue weighted by atomic mass is 35.5. The number of rotatable bonds is 2. The van der Waals surface area contributed by atoms with E-state index < -0.39 is 5.54 Å². The topological polar surface area (TPSA) is 43.1 Å². The lowest BCUT2D eigenvalue weighted by Gasteiger charge is -2.10. The maximum atomic E-state index is 10.7. The van der Waals surface area contributed by atoms with E-state index in [4.69, 9.17) is 11.6 Å². The summed E-state index contributed by atoms with van der Waals surface area (Å²) in [6.45, 7) is 1.55. The summed E-state index contributed by atoms with van der Waals surface area (Å²) in [6.07, 6.45) is 8.22. The maximum absolute atomic E-state index is 10.7. The number of hydrogen-bond donors (Lipinski definition) is 0. The molecule has 1 aliphatic rings. The Kier molecular flexibility index (Phi) is 2.88. The van der Waals surface area contributed by atoms with E-state index in [1.165, 1.54) is 0 Å². The Labute approximate surface area is 81.5 Å². The Morgan fingerprint density at radius 2 is 2.31 bits per heavy atom. The molecule has 0 N–H and O–H groups in total. The minimum Gasteiger partial charge on any atom is -0.263 e. The lowest BCUT2D eigenvalue weighted by Crippen LogP contribution is -2.29. The van der Waals surface area contributed by atoms with Crippen molar-refractivity contribution in [2.24, 2.45) is 0 Å². The summed E-state index contributed by atoms with van der Waals surface area (Å²) >= 11 is 5.60. The monoisotopic (exact) mass is 199 g/mol. The molecule has 1 unspecified atom stereocenters. The minimum absolute atomic E-state index is 0.328. The second kappa shape index (κ2) is 3.75. The predicted octanol–water partition coefficient (Wildman–Crippen LogP) is 2.31. The first-order chi connectivity index (χ1) is 6.08. The molecule has 3 nitrogen and oxygen atoms in total. The van der Waals surface area contributed by atoms with E-state index in [9.17, 15) is 10.1 Å². The van der Waals surface area contributed by atoms with E-state index in [0.29, 0.717) is 5.88 Å². The van der Waals surface area contributed by atoms with E-state index in [1.54, 1.807) is 37.3 Å². The van der Waals surface area contributed by atoms with Gasteiger partial charge < -0.3 is 0 Å². The lowest BCUT2D eigenvalue weighted by molar-refractivity contribution is -0.535. The Hall–Kier alpha value is -1.09. The summed E-state index contributed by atoms with van der Waals surface area (Å²) in [6, 6.07) is 0. The molecule has 0 aromatic rings. The van der Waals surface area contributed by atoms with Crippen molar-refractivity contribution in [2.75, 3.05) is 5.88 Å². The highest BCUT2D eigenvalue weighted by molar-refractivity contribution is 6.19. The first-order valence-electron chi connectivity index (χ1n) is 3.86. The third-order valence-electron chi connectivity index (χ3n) is 1.93. The van der Waals surface area contributed by atoms with Crippen molar-refractivity contribution in [3.05, 3.63) is 46.1 Å². The molecule has 0 spiro atoms. The fraction of sp³-hybridized carbons (Fsp3) is 0.333. The van der Waals surface area contributed by atoms with Crippen molar-refractivity contribution in [3.63, 3.8) is 0 Å². The smallest absolute Gasteiger partial charge is 0.256 e. The van der Waals surface area contributed by atoms with Gasteiger partial charge in [-0.25, -0.2) is 0 Å². The fourth-order valence-electron chi connectivity index (χ4n) is 0.964. The third-order valence-corrected chi connectivity index (χ3v) is 2.24. The zero-order valence-electron chi connectivity index (χ0n) is 7.24. The lowest BCUT2D eigenvalue weighted by atomic mass is 10.0. The number of hydrogen-bond acceptors (Lipinski definition) is 2. The van der Waals surface area contributed by atoms with Gasteiger partial charge in [0.15, 0.2) is 0 Å². The Bertz CT molecular complexity index is 307. The van der Waals surface area contributed by atoms with Crippen LogP contribution in [-0.4, -0.2) is 16.3 Å². The Morgan fingerprint density at radius 3 is 2.85 bits per heavy atom. The van der Waals surface area contributed by atoms with Gasteiger partial charge in [0.25, 0.3) is 5.54 Å². The van der Waals surface area contributed by atoms with Crippen molar-refractivity contribution >= 4 is 11.6 Å². The van der Waals surface area contributed by atoms with E-state index in [0.717, 1.165) is 5.57 Å². The van der Waals surface area contributed by atoms with Gasteiger partial charge in [0.05, 0.1) is 0 Å². The van der Waals surface area contributed by atoms with E-state index in [-0.39, 0.29) is 4.92 Å². The molecule has 0 aliphatic heterocycles. The predicted molar refractivity (Wildman–Crippen MR) is 52.5 cm³/mol. The van der Waals surface area contributed by atoms with Crippen LogP contribution in [0, 0.1) is 10.1 Å². The molecule has 1 atom stereocenters. The largest absolute Gasteiger partial charge is 0.263 e. The molecule has 13 heavy (non-hydrogen) atoms. The molecule has 4 heteroatoms. The van der Waals surface area contributed by atoms with E-state index in [2.05, 4.69) is 0 Å². The van der Waals surface area contributed by atoms with Gasteiger partial charge in [0.2, 0.25) is 0 Å². The van der Waals surface area contributed by atoms with Crippen LogP contribution in [0.1, 0.15) is 6.92 Å². The van der Waals surface area contributed by atoms with Crippen LogP contribution in [0.4, 0.5) is 0 Å². The molecule has 0 saturated carbocycles. The number of nitrogens with zero attached hydrogens (tertiary/aromatic N) is 1. The number of allylic oxidation sites excluding steroid dienone is 4. The SMILES string of the molecule is CC1([N+](=O)[O-])C=CC=C(CCl)C=C1. The van der Waals surface area contributed by atoms with Crippen LogP contribution >= 0.6 is 11.6 Å². The van der Waals surface area contributed by atoms with Crippen LogP contribution in [0.3, 0.4) is 0 Å². The maximum Gasteiger partial charge on any atom is 0.256 e. The summed E-state index contributed by atoms with van der Waals surface area (Å²) < 4.78 is 0. The molecule has 0 saturated heterocycles. The molecule has 0 radical (unpaired) electrons. The minimum atomic E-state index is -1.11. The quantitative estimate of drug-likeness (QED) is 0.389. The summed E-state index contributed by atoms with van der Waals surface area (Å²) in [5, 5.41) is 10.7. The van der Waals surface area contributed by atoms with Gasteiger partial charge in [-0.15, -0.1) is 11.6 Å². The second-order valence-corrected chi connectivity index (χ2v) is 3.32. The van der Waals surface area contributed by atoms with Crippen LogP contribution in [0.15, 0.2) is 36.0 Å². The highest BCUT2D eigenvalue weighted by Gasteiger charge is 2.30. The molecular weight excluding hydrogens is 190 g/mol. The van der Waals surface area contributed by atoms with Crippen LogP contribution in [0.25, 0.3) is 0 Å². The molecule has 70 valence electrons. The van der Waals surface area contributed by atoms with Gasteiger partial charge >= 0.3 is 0 Å². The second-order valence-electron chi connectivity index (χ2n) is 3.05. The van der Waals surface area contributed by atoms with E-state index in [1.807, 2.05) is 0 Å². The van der Waals surface area contributed by atoms with Crippen molar-refractivity contribution in [1.29, 1.82) is 0 Å². The first kappa shape index (κ1) is 9.99. The third kappa shape index (κ3) is 2.18. The highest BCUT2D eigenvalue weighted by Crippen LogP contribution is 2.18. The van der Waals surface area contributed by atoms with Crippen LogP contribution in [0.5, 0.6) is 0 Å². The molecule has 0 amide bonds. The summed E-state index contributed by atoms with van der Waals surface area (Å²) in [5.74, 6) is 0.370. The summed E-state index contributed by atoms with van der Waals surface area (Å²) in [7, 11) is 0. The number of alkyl halides is 1. The average Bonchev–Trinajstić information content (AvgIpc) is 2.28. The number of halogens is 1. The van der Waals surface area contributed by atoms with Gasteiger partial charge in [-0.3, -0.25) is 10.1 Å².